The Labute approximate surface area is 147 Å². The second-order valence-corrected chi connectivity index (χ2v) is 5.95. The maximum Gasteiger partial charge on any atom is 0.295 e. The molecule has 0 aliphatic heterocycles. The van der Waals surface area contributed by atoms with Crippen molar-refractivity contribution in [2.24, 2.45) is 0 Å². The van der Waals surface area contributed by atoms with Gasteiger partial charge in [0.15, 0.2) is 0 Å². The van der Waals surface area contributed by atoms with Crippen molar-refractivity contribution in [3.8, 4) is 0 Å². The van der Waals surface area contributed by atoms with E-state index >= 15 is 0 Å². The van der Waals surface area contributed by atoms with Crippen LogP contribution in [0.1, 0.15) is 35.7 Å². The Bertz CT molecular complexity index is 850. The largest absolute Gasteiger partial charge is 0.322 e. The van der Waals surface area contributed by atoms with E-state index in [1.165, 1.54) is 0 Å². The molecule has 2 rings (SSSR count). The van der Waals surface area contributed by atoms with E-state index in [2.05, 4.69) is 5.32 Å². The number of carbonyl (C=O) groups is 1. The first kappa shape index (κ1) is 18.3. The van der Waals surface area contributed by atoms with Crippen LogP contribution in [-0.4, -0.2) is 15.8 Å². The Kier molecular flexibility index (Phi) is 5.33. The predicted molar refractivity (Wildman–Crippen MR) is 93.2 cm³/mol. The summed E-state index contributed by atoms with van der Waals surface area (Å²) in [5.74, 6) is -0.451. The van der Waals surface area contributed by atoms with E-state index in [9.17, 15) is 25.0 Å². The van der Waals surface area contributed by atoms with Gasteiger partial charge in [-0.25, -0.2) is 0 Å². The van der Waals surface area contributed by atoms with Gasteiger partial charge in [0.05, 0.1) is 21.5 Å². The third kappa shape index (κ3) is 4.10. The fourth-order valence-electron chi connectivity index (χ4n) is 2.15. The highest BCUT2D eigenvalue weighted by molar-refractivity contribution is 6.36. The molecule has 0 bridgehead atoms. The Morgan fingerprint density at radius 3 is 2.16 bits per heavy atom. The smallest absolute Gasteiger partial charge is 0.295 e. The Morgan fingerprint density at radius 2 is 1.68 bits per heavy atom. The monoisotopic (exact) mass is 363 g/mol. The van der Waals surface area contributed by atoms with Gasteiger partial charge in [0.25, 0.3) is 17.3 Å². The first-order chi connectivity index (χ1) is 11.7. The van der Waals surface area contributed by atoms with Crippen LogP contribution in [0.5, 0.6) is 0 Å². The summed E-state index contributed by atoms with van der Waals surface area (Å²) in [6, 6.07) is 8.64. The molecule has 0 aliphatic rings. The number of halogens is 1. The maximum atomic E-state index is 12.4. The number of carbonyl (C=O) groups excluding carboxylic acids is 1. The molecule has 0 unspecified atom stereocenters. The highest BCUT2D eigenvalue weighted by atomic mass is 35.5. The van der Waals surface area contributed by atoms with Crippen molar-refractivity contribution >= 4 is 34.6 Å². The van der Waals surface area contributed by atoms with Crippen molar-refractivity contribution < 1.29 is 14.6 Å². The first-order valence-electron chi connectivity index (χ1n) is 7.24. The van der Waals surface area contributed by atoms with E-state index < -0.39 is 32.2 Å². The molecule has 0 aliphatic carbocycles. The molecule has 0 atom stereocenters. The van der Waals surface area contributed by atoms with Gasteiger partial charge in [0, 0.05) is 11.8 Å². The van der Waals surface area contributed by atoms with E-state index in [4.69, 9.17) is 11.6 Å². The minimum Gasteiger partial charge on any atom is -0.322 e. The zero-order chi connectivity index (χ0) is 18.7. The van der Waals surface area contributed by atoms with Gasteiger partial charge < -0.3 is 5.32 Å². The summed E-state index contributed by atoms with van der Waals surface area (Å²) in [4.78, 5) is 32.6. The van der Waals surface area contributed by atoms with Crippen molar-refractivity contribution in [1.82, 2.24) is 0 Å². The second-order valence-electron chi connectivity index (χ2n) is 5.57. The van der Waals surface area contributed by atoms with Gasteiger partial charge in [-0.05, 0) is 23.6 Å². The van der Waals surface area contributed by atoms with Crippen LogP contribution in [0.15, 0.2) is 36.4 Å². The minimum atomic E-state index is -0.871. The fraction of sp³-hybridized carbons (Fsp3) is 0.188. The molecule has 25 heavy (non-hydrogen) atoms. The van der Waals surface area contributed by atoms with Gasteiger partial charge in [-0.15, -0.1) is 0 Å². The van der Waals surface area contributed by atoms with Crippen molar-refractivity contribution in [3.05, 3.63) is 72.8 Å². The zero-order valence-corrected chi connectivity index (χ0v) is 14.1. The zero-order valence-electron chi connectivity index (χ0n) is 13.4. The minimum absolute atomic E-state index is 0.318. The number of nitrogens with one attached hydrogen (secondary N) is 1. The molecule has 2 aromatic rings. The van der Waals surface area contributed by atoms with Crippen LogP contribution in [0.25, 0.3) is 0 Å². The lowest BCUT2D eigenvalue weighted by atomic mass is 10.0. The highest BCUT2D eigenvalue weighted by Gasteiger charge is 2.26. The molecular weight excluding hydrogens is 350 g/mol. The number of rotatable bonds is 5. The van der Waals surface area contributed by atoms with E-state index in [0.717, 1.165) is 17.7 Å². The second kappa shape index (κ2) is 7.27. The number of hydrogen-bond acceptors (Lipinski definition) is 5. The van der Waals surface area contributed by atoms with Crippen molar-refractivity contribution in [2.75, 3.05) is 5.32 Å². The molecular formula is C16H14ClN3O5. The molecule has 0 saturated heterocycles. The van der Waals surface area contributed by atoms with Gasteiger partial charge in [0.1, 0.15) is 5.02 Å². The number of benzene rings is 2. The van der Waals surface area contributed by atoms with Gasteiger partial charge in [0.2, 0.25) is 0 Å². The molecule has 0 aromatic heterocycles. The number of anilines is 1. The number of nitro benzene ring substituents is 2. The van der Waals surface area contributed by atoms with Crippen LogP contribution in [0.3, 0.4) is 0 Å². The molecule has 0 heterocycles. The third-order valence-corrected chi connectivity index (χ3v) is 3.92. The fourth-order valence-corrected chi connectivity index (χ4v) is 2.41. The van der Waals surface area contributed by atoms with E-state index in [-0.39, 0.29) is 5.56 Å². The van der Waals surface area contributed by atoms with E-state index in [1.807, 2.05) is 26.0 Å². The van der Waals surface area contributed by atoms with Crippen molar-refractivity contribution in [1.29, 1.82) is 0 Å². The maximum absolute atomic E-state index is 12.4. The summed E-state index contributed by atoms with van der Waals surface area (Å²) in [5.41, 5.74) is -0.107. The van der Waals surface area contributed by atoms with Crippen molar-refractivity contribution in [2.45, 2.75) is 19.8 Å². The standard InChI is InChI=1S/C16H14ClN3O5/c1-9(2)10-3-5-11(6-4-10)18-16(21)13-7-12(19(22)23)8-14(15(13)17)20(24)25/h3-9H,1-2H3,(H,18,21). The molecule has 130 valence electrons. The number of nitro groups is 2. The van der Waals surface area contributed by atoms with Crippen LogP contribution in [-0.2, 0) is 0 Å². The van der Waals surface area contributed by atoms with Gasteiger partial charge >= 0.3 is 0 Å². The lowest BCUT2D eigenvalue weighted by Gasteiger charge is -2.09. The van der Waals surface area contributed by atoms with Gasteiger partial charge in [-0.1, -0.05) is 37.6 Å². The van der Waals surface area contributed by atoms with Crippen molar-refractivity contribution in [3.63, 3.8) is 0 Å². The summed E-state index contributed by atoms with van der Waals surface area (Å²) >= 11 is 5.88. The summed E-state index contributed by atoms with van der Waals surface area (Å²) < 4.78 is 0. The molecule has 8 nitrogen and oxygen atoms in total. The lowest BCUT2D eigenvalue weighted by molar-refractivity contribution is -0.394. The highest BCUT2D eigenvalue weighted by Crippen LogP contribution is 2.33. The SMILES string of the molecule is CC(C)c1ccc(NC(=O)c2cc([N+](=O)[O-])cc([N+](=O)[O-])c2Cl)cc1. The molecule has 0 saturated carbocycles. The van der Waals surface area contributed by atoms with Crippen LogP contribution in [0.2, 0.25) is 5.02 Å². The van der Waals surface area contributed by atoms with Gasteiger partial charge in [-0.2, -0.15) is 0 Å². The van der Waals surface area contributed by atoms with Crippen LogP contribution in [0.4, 0.5) is 17.1 Å². The predicted octanol–water partition coefficient (Wildman–Crippen LogP) is 4.53. The van der Waals surface area contributed by atoms with E-state index in [1.54, 1.807) is 12.1 Å². The summed E-state index contributed by atoms with van der Waals surface area (Å²) in [6.07, 6.45) is 0. The number of nitrogens with zero attached hydrogens (tertiary/aromatic N) is 2. The Morgan fingerprint density at radius 1 is 1.08 bits per heavy atom. The van der Waals surface area contributed by atoms with Crippen LogP contribution in [0, 0.1) is 20.2 Å². The summed E-state index contributed by atoms with van der Waals surface area (Å²) in [5, 5.41) is 24.0. The van der Waals surface area contributed by atoms with E-state index in [0.29, 0.717) is 11.6 Å². The molecule has 0 radical (unpaired) electrons. The third-order valence-electron chi connectivity index (χ3n) is 3.53. The molecule has 1 N–H and O–H groups in total. The Balaban J connectivity index is 2.38. The molecule has 1 amide bonds. The topological polar surface area (TPSA) is 115 Å². The lowest BCUT2D eigenvalue weighted by Crippen LogP contribution is -2.13. The number of hydrogen-bond donors (Lipinski definition) is 1. The average Bonchev–Trinajstić information content (AvgIpc) is 2.54. The molecule has 2 aromatic carbocycles. The normalized spacial score (nSPS) is 10.6. The number of amides is 1. The Hall–Kier alpha value is -3.00. The summed E-state index contributed by atoms with van der Waals surface area (Å²) in [7, 11) is 0. The van der Waals surface area contributed by atoms with Crippen LogP contribution >= 0.6 is 11.6 Å². The first-order valence-corrected chi connectivity index (χ1v) is 7.62. The molecule has 9 heteroatoms. The quantitative estimate of drug-likeness (QED) is 0.618. The van der Waals surface area contributed by atoms with Crippen LogP contribution < -0.4 is 5.32 Å². The molecule has 0 fully saturated rings. The summed E-state index contributed by atoms with van der Waals surface area (Å²) in [6.45, 7) is 4.05. The average molecular weight is 364 g/mol. The molecule has 0 spiro atoms. The van der Waals surface area contributed by atoms with Gasteiger partial charge in [-0.3, -0.25) is 25.0 Å². The number of non-ortho nitro benzene ring substituents is 1.